The fraction of sp³-hybridized carbons (Fsp3) is 0.300. The fourth-order valence-electron chi connectivity index (χ4n) is 2.95. The van der Waals surface area contributed by atoms with Crippen LogP contribution in [0.2, 0.25) is 0 Å². The molecular weight excluding hydrogens is 396 g/mol. The molecular formula is C20H22N2O6S. The number of phenols is 1. The maximum Gasteiger partial charge on any atom is 0.339 e. The molecule has 1 fully saturated rings. The Hall–Kier alpha value is -2.91. The van der Waals surface area contributed by atoms with Gasteiger partial charge in [-0.05, 0) is 62.2 Å². The van der Waals surface area contributed by atoms with Crippen LogP contribution in [0.4, 0.5) is 5.69 Å². The lowest BCUT2D eigenvalue weighted by atomic mass is 10.2. The Morgan fingerprint density at radius 2 is 1.76 bits per heavy atom. The summed E-state index contributed by atoms with van der Waals surface area (Å²) in [5.41, 5.74) is 0.511. The van der Waals surface area contributed by atoms with E-state index in [9.17, 15) is 23.1 Å². The van der Waals surface area contributed by atoms with Crippen LogP contribution in [0, 0.1) is 0 Å². The highest BCUT2D eigenvalue weighted by Gasteiger charge is 2.27. The highest BCUT2D eigenvalue weighted by molar-refractivity contribution is 7.89. The van der Waals surface area contributed by atoms with Crippen LogP contribution >= 0.6 is 0 Å². The molecule has 2 aromatic rings. The van der Waals surface area contributed by atoms with Gasteiger partial charge in [-0.2, -0.15) is 4.31 Å². The molecule has 154 valence electrons. The number of sulfonamides is 1. The van der Waals surface area contributed by atoms with Gasteiger partial charge in [0.1, 0.15) is 5.75 Å². The van der Waals surface area contributed by atoms with Crippen molar-refractivity contribution >= 4 is 27.6 Å². The first kappa shape index (κ1) is 20.8. The highest BCUT2D eigenvalue weighted by atomic mass is 32.2. The van der Waals surface area contributed by atoms with Gasteiger partial charge in [-0.3, -0.25) is 4.79 Å². The van der Waals surface area contributed by atoms with Gasteiger partial charge in [0.25, 0.3) is 5.91 Å². The van der Waals surface area contributed by atoms with Gasteiger partial charge in [-0.1, -0.05) is 6.07 Å². The summed E-state index contributed by atoms with van der Waals surface area (Å²) in [5.74, 6) is -1.38. The lowest BCUT2D eigenvalue weighted by Crippen LogP contribution is -2.30. The first-order valence-corrected chi connectivity index (χ1v) is 10.6. The van der Waals surface area contributed by atoms with E-state index in [4.69, 9.17) is 4.74 Å². The molecule has 2 N–H and O–H groups in total. The molecule has 0 radical (unpaired) electrons. The van der Waals surface area contributed by atoms with Crippen LogP contribution < -0.4 is 5.32 Å². The van der Waals surface area contributed by atoms with Gasteiger partial charge in [0.2, 0.25) is 10.0 Å². The van der Waals surface area contributed by atoms with E-state index >= 15 is 0 Å². The first-order chi connectivity index (χ1) is 13.8. The van der Waals surface area contributed by atoms with Crippen LogP contribution in [0.5, 0.6) is 5.75 Å². The number of phenolic OH excluding ortho intramolecular Hbond substituents is 1. The van der Waals surface area contributed by atoms with E-state index in [1.54, 1.807) is 0 Å². The molecule has 2 aromatic carbocycles. The van der Waals surface area contributed by atoms with Gasteiger partial charge < -0.3 is 15.2 Å². The van der Waals surface area contributed by atoms with Crippen molar-refractivity contribution in [3.8, 4) is 5.75 Å². The number of nitrogens with zero attached hydrogens (tertiary/aromatic N) is 1. The molecule has 0 spiro atoms. The van der Waals surface area contributed by atoms with Crippen LogP contribution in [-0.4, -0.2) is 48.9 Å². The molecule has 1 atom stereocenters. The van der Waals surface area contributed by atoms with Crippen molar-refractivity contribution < 1.29 is 27.9 Å². The second-order valence-corrected chi connectivity index (χ2v) is 8.66. The Morgan fingerprint density at radius 3 is 2.38 bits per heavy atom. The van der Waals surface area contributed by atoms with Crippen LogP contribution in [0.3, 0.4) is 0 Å². The molecule has 1 amide bonds. The van der Waals surface area contributed by atoms with Gasteiger partial charge in [0, 0.05) is 18.8 Å². The number of anilines is 1. The molecule has 1 heterocycles. The topological polar surface area (TPSA) is 113 Å². The molecule has 0 bridgehead atoms. The van der Waals surface area contributed by atoms with Crippen molar-refractivity contribution in [2.45, 2.75) is 30.8 Å². The molecule has 1 aliphatic rings. The number of amides is 1. The zero-order valence-electron chi connectivity index (χ0n) is 15.9. The third-order valence-electron chi connectivity index (χ3n) is 4.56. The Bertz CT molecular complexity index is 998. The highest BCUT2D eigenvalue weighted by Crippen LogP contribution is 2.22. The van der Waals surface area contributed by atoms with Crippen molar-refractivity contribution in [3.05, 3.63) is 54.1 Å². The van der Waals surface area contributed by atoms with Gasteiger partial charge in [-0.15, -0.1) is 0 Å². The number of esters is 1. The van der Waals surface area contributed by atoms with Crippen LogP contribution in [0.1, 0.15) is 30.1 Å². The summed E-state index contributed by atoms with van der Waals surface area (Å²) in [7, 11) is -3.52. The van der Waals surface area contributed by atoms with E-state index in [2.05, 4.69) is 5.32 Å². The van der Waals surface area contributed by atoms with Gasteiger partial charge in [0.15, 0.2) is 6.10 Å². The Kier molecular flexibility index (Phi) is 6.19. The summed E-state index contributed by atoms with van der Waals surface area (Å²) in [5, 5.41) is 12.0. The molecule has 9 heteroatoms. The first-order valence-electron chi connectivity index (χ1n) is 9.18. The van der Waals surface area contributed by atoms with E-state index < -0.39 is 28.0 Å². The fourth-order valence-corrected chi connectivity index (χ4v) is 4.46. The average Bonchev–Trinajstić information content (AvgIpc) is 3.24. The maximum atomic E-state index is 12.5. The number of carbonyl (C=O) groups excluding carboxylic acids is 2. The summed E-state index contributed by atoms with van der Waals surface area (Å²) in [6.45, 7) is 2.45. The van der Waals surface area contributed by atoms with Gasteiger partial charge >= 0.3 is 5.97 Å². The van der Waals surface area contributed by atoms with Crippen molar-refractivity contribution in [3.63, 3.8) is 0 Å². The van der Waals surface area contributed by atoms with Crippen LogP contribution in [0.25, 0.3) is 0 Å². The second-order valence-electron chi connectivity index (χ2n) is 6.72. The molecule has 0 aliphatic carbocycles. The van der Waals surface area contributed by atoms with E-state index in [1.165, 1.54) is 59.8 Å². The summed E-state index contributed by atoms with van der Waals surface area (Å²) in [6.07, 6.45) is 0.622. The minimum atomic E-state index is -3.52. The number of hydrogen-bond acceptors (Lipinski definition) is 6. The quantitative estimate of drug-likeness (QED) is 0.697. The van der Waals surface area contributed by atoms with E-state index in [1.807, 2.05) is 0 Å². The number of carbonyl (C=O) groups is 2. The number of aromatic hydroxyl groups is 1. The smallest absolute Gasteiger partial charge is 0.339 e. The largest absolute Gasteiger partial charge is 0.508 e. The maximum absolute atomic E-state index is 12.5. The van der Waals surface area contributed by atoms with E-state index in [0.29, 0.717) is 18.8 Å². The number of ether oxygens (including phenoxy) is 1. The number of benzene rings is 2. The minimum Gasteiger partial charge on any atom is -0.508 e. The normalized spacial score (nSPS) is 15.6. The Balaban J connectivity index is 1.60. The predicted octanol–water partition coefficient (Wildman–Crippen LogP) is 2.36. The van der Waals surface area contributed by atoms with Crippen molar-refractivity contribution in [2.75, 3.05) is 18.4 Å². The Labute approximate surface area is 169 Å². The zero-order chi connectivity index (χ0) is 21.0. The summed E-state index contributed by atoms with van der Waals surface area (Å²) < 4.78 is 31.6. The molecule has 0 saturated carbocycles. The molecule has 1 aliphatic heterocycles. The third kappa shape index (κ3) is 4.93. The van der Waals surface area contributed by atoms with E-state index in [0.717, 1.165) is 12.8 Å². The lowest BCUT2D eigenvalue weighted by Gasteiger charge is -2.16. The molecule has 1 unspecified atom stereocenters. The molecule has 29 heavy (non-hydrogen) atoms. The third-order valence-corrected chi connectivity index (χ3v) is 6.47. The second kappa shape index (κ2) is 8.62. The monoisotopic (exact) mass is 418 g/mol. The summed E-state index contributed by atoms with van der Waals surface area (Å²) in [6, 6.07) is 11.5. The number of rotatable bonds is 6. The molecule has 8 nitrogen and oxygen atoms in total. The lowest BCUT2D eigenvalue weighted by molar-refractivity contribution is -0.123. The van der Waals surface area contributed by atoms with Gasteiger partial charge in [-0.25, -0.2) is 13.2 Å². The summed E-state index contributed by atoms with van der Waals surface area (Å²) in [4.78, 5) is 24.5. The van der Waals surface area contributed by atoms with E-state index in [-0.39, 0.29) is 16.2 Å². The minimum absolute atomic E-state index is 0.0828. The molecule has 1 saturated heterocycles. The predicted molar refractivity (Wildman–Crippen MR) is 106 cm³/mol. The Morgan fingerprint density at radius 1 is 1.10 bits per heavy atom. The number of nitrogens with one attached hydrogen (secondary N) is 1. The van der Waals surface area contributed by atoms with Crippen molar-refractivity contribution in [1.29, 1.82) is 0 Å². The zero-order valence-corrected chi connectivity index (χ0v) is 16.7. The van der Waals surface area contributed by atoms with Crippen LogP contribution in [-0.2, 0) is 19.6 Å². The SMILES string of the molecule is CC(OC(=O)c1cccc(O)c1)C(=O)Nc1ccc(S(=O)(=O)N2CCCC2)cc1. The standard InChI is InChI=1S/C20H22N2O6S/c1-14(28-20(25)15-5-4-6-17(23)13-15)19(24)21-16-7-9-18(10-8-16)29(26,27)22-11-2-3-12-22/h4-10,13-14,23H,2-3,11-12H2,1H3,(H,21,24). The molecule has 3 rings (SSSR count). The van der Waals surface area contributed by atoms with Crippen molar-refractivity contribution in [1.82, 2.24) is 4.31 Å². The molecule has 0 aromatic heterocycles. The summed E-state index contributed by atoms with van der Waals surface area (Å²) >= 11 is 0. The van der Waals surface area contributed by atoms with Crippen molar-refractivity contribution in [2.24, 2.45) is 0 Å². The average molecular weight is 418 g/mol. The van der Waals surface area contributed by atoms with Crippen LogP contribution in [0.15, 0.2) is 53.4 Å². The van der Waals surface area contributed by atoms with Gasteiger partial charge in [0.05, 0.1) is 10.5 Å². The number of hydrogen-bond donors (Lipinski definition) is 2.